The van der Waals surface area contributed by atoms with E-state index in [-0.39, 0.29) is 42.9 Å². The number of nitrogens with two attached hydrogens (primary N) is 1. The van der Waals surface area contributed by atoms with Crippen molar-refractivity contribution in [3.63, 3.8) is 0 Å². The van der Waals surface area contributed by atoms with Crippen molar-refractivity contribution in [1.82, 2.24) is 15.3 Å². The average Bonchev–Trinajstić information content (AvgIpc) is 3.26. The highest BCUT2D eigenvalue weighted by molar-refractivity contribution is 7.92. The molecular formula is C24H25N5O5S. The summed E-state index contributed by atoms with van der Waals surface area (Å²) in [6.07, 6.45) is 2.55. The summed E-state index contributed by atoms with van der Waals surface area (Å²) < 4.78 is 24.3. The Balaban J connectivity index is 1.25. The number of anilines is 1. The number of rotatable bonds is 5. The van der Waals surface area contributed by atoms with Gasteiger partial charge in [-0.15, -0.1) is 0 Å². The van der Waals surface area contributed by atoms with Crippen LogP contribution in [0.1, 0.15) is 46.4 Å². The topological polar surface area (TPSA) is 164 Å². The van der Waals surface area contributed by atoms with Gasteiger partial charge in [-0.1, -0.05) is 6.07 Å². The van der Waals surface area contributed by atoms with Gasteiger partial charge in [-0.25, -0.2) is 13.4 Å². The summed E-state index contributed by atoms with van der Waals surface area (Å²) in [5.41, 5.74) is 8.08. The molecule has 1 atom stereocenters. The van der Waals surface area contributed by atoms with Gasteiger partial charge in [0.15, 0.2) is 9.84 Å². The molecule has 1 unspecified atom stereocenters. The predicted octanol–water partition coefficient (Wildman–Crippen LogP) is 1.76. The summed E-state index contributed by atoms with van der Waals surface area (Å²) in [4.78, 5) is 44.1. The zero-order valence-corrected chi connectivity index (χ0v) is 19.6. The summed E-state index contributed by atoms with van der Waals surface area (Å²) in [7, 11) is -3.36. The number of aromatic amines is 1. The molecule has 2 fully saturated rings. The molecule has 35 heavy (non-hydrogen) atoms. The number of nitrogens with zero attached hydrogens (tertiary/aromatic N) is 1. The summed E-state index contributed by atoms with van der Waals surface area (Å²) in [5.74, 6) is -1.65. The molecule has 1 saturated carbocycles. The molecule has 5 N–H and O–H groups in total. The van der Waals surface area contributed by atoms with Crippen molar-refractivity contribution < 1.29 is 22.8 Å². The first-order valence-electron chi connectivity index (χ1n) is 11.3. The third-order valence-corrected chi connectivity index (χ3v) is 9.65. The van der Waals surface area contributed by atoms with Crippen LogP contribution in [0.3, 0.4) is 0 Å². The SMILES string of the molecule is NC(=O)C1CC2(CC(NC(=O)c3cccc(NC(=O)c4ccc5nc[nH]c5c4)c3)CCS2(=O)=O)C1. The van der Waals surface area contributed by atoms with Gasteiger partial charge in [0, 0.05) is 28.8 Å². The van der Waals surface area contributed by atoms with Crippen LogP contribution in [0.2, 0.25) is 0 Å². The Morgan fingerprint density at radius 3 is 2.57 bits per heavy atom. The first kappa shape index (κ1) is 23.0. The molecule has 2 aliphatic rings. The van der Waals surface area contributed by atoms with Crippen molar-refractivity contribution in [2.75, 3.05) is 11.1 Å². The van der Waals surface area contributed by atoms with Crippen molar-refractivity contribution in [1.29, 1.82) is 0 Å². The molecule has 2 aromatic carbocycles. The van der Waals surface area contributed by atoms with E-state index in [2.05, 4.69) is 20.6 Å². The molecule has 3 aromatic rings. The van der Waals surface area contributed by atoms with Gasteiger partial charge >= 0.3 is 0 Å². The number of hydrogen-bond donors (Lipinski definition) is 4. The Hall–Kier alpha value is -3.73. The molecule has 1 aliphatic carbocycles. The van der Waals surface area contributed by atoms with Gasteiger partial charge in [0.1, 0.15) is 0 Å². The van der Waals surface area contributed by atoms with E-state index in [1.807, 2.05) is 0 Å². The molecule has 1 aromatic heterocycles. The standard InChI is InChI=1S/C24H25N5O5S/c25-21(30)16-10-24(11-16)12-18(6-7-35(24,33)34)29-22(31)14-2-1-3-17(8-14)28-23(32)15-4-5-19-20(9-15)27-13-26-19/h1-5,8-9,13,16,18H,6-7,10-12H2,(H2,25,30)(H,26,27)(H,28,32)(H,29,31). The molecule has 0 radical (unpaired) electrons. The molecule has 1 saturated heterocycles. The fourth-order valence-corrected chi connectivity index (χ4v) is 7.46. The Kier molecular flexibility index (Phi) is 5.59. The second-order valence-electron chi connectivity index (χ2n) is 9.34. The van der Waals surface area contributed by atoms with Crippen LogP contribution in [0.4, 0.5) is 5.69 Å². The Morgan fingerprint density at radius 1 is 1.03 bits per heavy atom. The number of fused-ring (bicyclic) bond motifs is 1. The first-order valence-corrected chi connectivity index (χ1v) is 13.0. The van der Waals surface area contributed by atoms with Crippen LogP contribution in [-0.4, -0.2) is 52.6 Å². The Bertz CT molecular complexity index is 1440. The second-order valence-corrected chi connectivity index (χ2v) is 11.8. The van der Waals surface area contributed by atoms with E-state index < -0.39 is 26.4 Å². The van der Waals surface area contributed by atoms with Gasteiger partial charge in [0.25, 0.3) is 11.8 Å². The van der Waals surface area contributed by atoms with Crippen molar-refractivity contribution in [3.8, 4) is 0 Å². The number of hydrogen-bond acceptors (Lipinski definition) is 6. The number of carbonyl (C=O) groups is 3. The molecule has 10 nitrogen and oxygen atoms in total. The van der Waals surface area contributed by atoms with Gasteiger partial charge in [-0.3, -0.25) is 14.4 Å². The van der Waals surface area contributed by atoms with Crippen molar-refractivity contribution in [3.05, 3.63) is 59.9 Å². The highest BCUT2D eigenvalue weighted by atomic mass is 32.2. The smallest absolute Gasteiger partial charge is 0.255 e. The normalized spacial score (nSPS) is 25.0. The lowest BCUT2D eigenvalue weighted by molar-refractivity contribution is -0.125. The van der Waals surface area contributed by atoms with E-state index in [9.17, 15) is 22.8 Å². The molecule has 3 amide bonds. The molecule has 1 aliphatic heterocycles. The third-order valence-electron chi connectivity index (χ3n) is 7.05. The largest absolute Gasteiger partial charge is 0.369 e. The molecular weight excluding hydrogens is 470 g/mol. The van der Waals surface area contributed by atoms with E-state index in [1.54, 1.807) is 48.8 Å². The second kappa shape index (κ2) is 8.49. The molecule has 11 heteroatoms. The van der Waals surface area contributed by atoms with E-state index >= 15 is 0 Å². The van der Waals surface area contributed by atoms with Gasteiger partial charge in [0.2, 0.25) is 5.91 Å². The summed E-state index contributed by atoms with van der Waals surface area (Å²) >= 11 is 0. The number of imidazole rings is 1. The molecule has 182 valence electrons. The van der Waals surface area contributed by atoms with Crippen molar-refractivity contribution >= 4 is 44.3 Å². The zero-order valence-electron chi connectivity index (χ0n) is 18.8. The van der Waals surface area contributed by atoms with Gasteiger partial charge in [-0.2, -0.15) is 0 Å². The number of carbonyl (C=O) groups excluding carboxylic acids is 3. The van der Waals surface area contributed by atoms with Gasteiger partial charge < -0.3 is 21.4 Å². The van der Waals surface area contributed by atoms with Crippen LogP contribution >= 0.6 is 0 Å². The minimum Gasteiger partial charge on any atom is -0.369 e. The summed E-state index contributed by atoms with van der Waals surface area (Å²) in [5, 5.41) is 5.72. The zero-order chi connectivity index (χ0) is 24.8. The average molecular weight is 496 g/mol. The minimum atomic E-state index is -3.36. The van der Waals surface area contributed by atoms with Crippen molar-refractivity contribution in [2.45, 2.75) is 36.5 Å². The first-order chi connectivity index (χ1) is 16.7. The summed E-state index contributed by atoms with van der Waals surface area (Å²) in [6.45, 7) is 0. The number of benzene rings is 2. The highest BCUT2D eigenvalue weighted by Gasteiger charge is 2.58. The minimum absolute atomic E-state index is 0.0415. The maximum atomic E-state index is 12.9. The quantitative estimate of drug-likeness (QED) is 0.421. The number of amides is 3. The van der Waals surface area contributed by atoms with Crippen LogP contribution in [0.5, 0.6) is 0 Å². The lowest BCUT2D eigenvalue weighted by Gasteiger charge is -2.49. The number of nitrogens with one attached hydrogen (secondary N) is 3. The number of sulfone groups is 1. The fourth-order valence-electron chi connectivity index (χ4n) is 5.06. The van der Waals surface area contributed by atoms with Crippen LogP contribution in [0, 0.1) is 5.92 Å². The van der Waals surface area contributed by atoms with E-state index in [4.69, 9.17) is 5.73 Å². The number of primary amides is 1. The molecule has 0 bridgehead atoms. The van der Waals surface area contributed by atoms with Gasteiger partial charge in [0.05, 0.1) is 27.9 Å². The predicted molar refractivity (Wildman–Crippen MR) is 129 cm³/mol. The van der Waals surface area contributed by atoms with Crippen LogP contribution in [-0.2, 0) is 14.6 Å². The molecule has 1 spiro atoms. The van der Waals surface area contributed by atoms with E-state index in [1.165, 1.54) is 0 Å². The monoisotopic (exact) mass is 495 g/mol. The van der Waals surface area contributed by atoms with E-state index in [0.717, 1.165) is 11.0 Å². The van der Waals surface area contributed by atoms with Crippen molar-refractivity contribution in [2.24, 2.45) is 11.7 Å². The maximum absolute atomic E-state index is 12.9. The highest BCUT2D eigenvalue weighted by Crippen LogP contribution is 2.50. The molecule has 2 heterocycles. The fraction of sp³-hybridized carbons (Fsp3) is 0.333. The Morgan fingerprint density at radius 2 is 1.80 bits per heavy atom. The molecule has 5 rings (SSSR count). The number of aromatic nitrogens is 2. The van der Waals surface area contributed by atoms with Crippen LogP contribution in [0.25, 0.3) is 11.0 Å². The van der Waals surface area contributed by atoms with E-state index in [0.29, 0.717) is 23.2 Å². The maximum Gasteiger partial charge on any atom is 0.255 e. The lowest BCUT2D eigenvalue weighted by atomic mass is 9.70. The third kappa shape index (κ3) is 4.27. The number of H-pyrrole nitrogens is 1. The lowest BCUT2D eigenvalue weighted by Crippen LogP contribution is -2.60. The van der Waals surface area contributed by atoms with Gasteiger partial charge in [-0.05, 0) is 62.1 Å². The summed E-state index contributed by atoms with van der Waals surface area (Å²) in [6, 6.07) is 11.3. The Labute approximate surface area is 201 Å². The van der Waals surface area contributed by atoms with Crippen LogP contribution < -0.4 is 16.4 Å². The van der Waals surface area contributed by atoms with Crippen LogP contribution in [0.15, 0.2) is 48.8 Å².